The van der Waals surface area contributed by atoms with Crippen LogP contribution in [0.5, 0.6) is 5.75 Å². The zero-order chi connectivity index (χ0) is 15.9. The Morgan fingerprint density at radius 3 is 2.61 bits per heavy atom. The molecule has 0 bridgehead atoms. The number of rotatable bonds is 7. The van der Waals surface area contributed by atoms with Gasteiger partial charge in [0, 0.05) is 17.5 Å². The summed E-state index contributed by atoms with van der Waals surface area (Å²) in [6.07, 6.45) is 0. The van der Waals surface area contributed by atoms with E-state index in [2.05, 4.69) is 10.6 Å². The van der Waals surface area contributed by atoms with E-state index in [1.54, 1.807) is 7.11 Å². The van der Waals surface area contributed by atoms with Gasteiger partial charge in [0.05, 0.1) is 7.11 Å². The van der Waals surface area contributed by atoms with Crippen molar-refractivity contribution in [2.75, 3.05) is 20.2 Å². The Morgan fingerprint density at radius 1 is 1.30 bits per heavy atom. The predicted octanol–water partition coefficient (Wildman–Crippen LogP) is 3.57. The number of hydrogen-bond acceptors (Lipinski definition) is 4. The Balaban J connectivity index is 0.00000264. The molecule has 0 spiro atoms. The molecule has 4 nitrogen and oxygen atoms in total. The van der Waals surface area contributed by atoms with Crippen LogP contribution in [0.15, 0.2) is 36.4 Å². The molecule has 0 fully saturated rings. The van der Waals surface area contributed by atoms with Crippen molar-refractivity contribution in [2.45, 2.75) is 19.9 Å². The molecule has 6 heteroatoms. The van der Waals surface area contributed by atoms with Crippen LogP contribution in [0.3, 0.4) is 0 Å². The molecule has 0 unspecified atom stereocenters. The van der Waals surface area contributed by atoms with Crippen LogP contribution in [0, 0.1) is 0 Å². The molecule has 0 radical (unpaired) electrons. The normalized spacial score (nSPS) is 11.4. The van der Waals surface area contributed by atoms with Gasteiger partial charge in [0.25, 0.3) is 5.91 Å². The monoisotopic (exact) mass is 354 g/mol. The summed E-state index contributed by atoms with van der Waals surface area (Å²) in [5.41, 5.74) is 1.09. The lowest BCUT2D eigenvalue weighted by atomic mass is 10.2. The van der Waals surface area contributed by atoms with Gasteiger partial charge in [-0.05, 0) is 25.1 Å². The first-order chi connectivity index (χ1) is 10.7. The third-order valence-electron chi connectivity index (χ3n) is 3.30. The van der Waals surface area contributed by atoms with E-state index in [9.17, 15) is 4.79 Å². The quantitative estimate of drug-likeness (QED) is 0.799. The highest BCUT2D eigenvalue weighted by Crippen LogP contribution is 2.36. The van der Waals surface area contributed by atoms with E-state index in [1.165, 1.54) is 11.3 Å². The topological polar surface area (TPSA) is 50.4 Å². The molecule has 126 valence electrons. The summed E-state index contributed by atoms with van der Waals surface area (Å²) in [6, 6.07) is 12.2. The second-order valence-electron chi connectivity index (χ2n) is 5.04. The number of nitrogens with one attached hydrogen (secondary N) is 2. The molecule has 1 amide bonds. The Morgan fingerprint density at radius 2 is 2.00 bits per heavy atom. The first kappa shape index (κ1) is 19.5. The summed E-state index contributed by atoms with van der Waals surface area (Å²) < 4.78 is 5.36. The van der Waals surface area contributed by atoms with Gasteiger partial charge in [0.15, 0.2) is 0 Å². The SMILES string of the molecule is CCN[C@H](C)CNC(=O)c1sc(-c2ccccc2)cc1OC.Cl. The Bertz CT molecular complexity index is 616. The number of carbonyl (C=O) groups is 1. The number of thiophene rings is 1. The summed E-state index contributed by atoms with van der Waals surface area (Å²) in [4.78, 5) is 14.0. The molecule has 1 aromatic heterocycles. The lowest BCUT2D eigenvalue weighted by molar-refractivity contribution is 0.0951. The lowest BCUT2D eigenvalue weighted by Crippen LogP contribution is -2.38. The first-order valence-corrected chi connectivity index (χ1v) is 8.22. The Hall–Kier alpha value is -1.56. The molecule has 2 rings (SSSR count). The van der Waals surface area contributed by atoms with Gasteiger partial charge < -0.3 is 15.4 Å². The molecule has 0 aliphatic carbocycles. The second kappa shape index (κ2) is 9.55. The molecule has 0 aliphatic rings. The maximum atomic E-state index is 12.4. The molecule has 2 aromatic rings. The van der Waals surface area contributed by atoms with Crippen molar-refractivity contribution in [3.05, 3.63) is 41.3 Å². The van der Waals surface area contributed by atoms with Crippen LogP contribution in [0.1, 0.15) is 23.5 Å². The number of methoxy groups -OCH3 is 1. The minimum Gasteiger partial charge on any atom is -0.495 e. The van der Waals surface area contributed by atoms with Crippen molar-refractivity contribution in [3.63, 3.8) is 0 Å². The smallest absolute Gasteiger partial charge is 0.265 e. The van der Waals surface area contributed by atoms with Crippen LogP contribution in [0.25, 0.3) is 10.4 Å². The molecule has 0 saturated heterocycles. The van der Waals surface area contributed by atoms with Crippen LogP contribution in [0.2, 0.25) is 0 Å². The molecule has 0 saturated carbocycles. The van der Waals surface area contributed by atoms with Crippen molar-refractivity contribution < 1.29 is 9.53 Å². The molecule has 1 aromatic carbocycles. The fraction of sp³-hybridized carbons (Fsp3) is 0.353. The number of likely N-dealkylation sites (N-methyl/N-ethyl adjacent to an activating group) is 1. The molecule has 23 heavy (non-hydrogen) atoms. The van der Waals surface area contributed by atoms with Crippen LogP contribution in [-0.4, -0.2) is 32.1 Å². The van der Waals surface area contributed by atoms with Crippen molar-refractivity contribution in [1.82, 2.24) is 10.6 Å². The number of halogens is 1. The van der Waals surface area contributed by atoms with Crippen LogP contribution >= 0.6 is 23.7 Å². The van der Waals surface area contributed by atoms with E-state index in [0.717, 1.165) is 17.0 Å². The summed E-state index contributed by atoms with van der Waals surface area (Å²) in [5, 5.41) is 6.22. The summed E-state index contributed by atoms with van der Waals surface area (Å²) in [5.74, 6) is 0.534. The number of benzene rings is 1. The summed E-state index contributed by atoms with van der Waals surface area (Å²) in [6.45, 7) is 5.57. The van der Waals surface area contributed by atoms with E-state index in [0.29, 0.717) is 17.2 Å². The zero-order valence-electron chi connectivity index (χ0n) is 13.6. The van der Waals surface area contributed by atoms with Gasteiger partial charge in [0.2, 0.25) is 0 Å². The largest absolute Gasteiger partial charge is 0.495 e. The van der Waals surface area contributed by atoms with Gasteiger partial charge in [-0.2, -0.15) is 0 Å². The van der Waals surface area contributed by atoms with E-state index >= 15 is 0 Å². The maximum Gasteiger partial charge on any atom is 0.265 e. The van der Waals surface area contributed by atoms with E-state index in [4.69, 9.17) is 4.74 Å². The van der Waals surface area contributed by atoms with Gasteiger partial charge in [-0.1, -0.05) is 37.3 Å². The van der Waals surface area contributed by atoms with Crippen molar-refractivity contribution in [3.8, 4) is 16.2 Å². The fourth-order valence-corrected chi connectivity index (χ4v) is 3.22. The van der Waals surface area contributed by atoms with Crippen molar-refractivity contribution >= 4 is 29.7 Å². The van der Waals surface area contributed by atoms with Gasteiger partial charge in [-0.15, -0.1) is 23.7 Å². The first-order valence-electron chi connectivity index (χ1n) is 7.40. The molecule has 1 atom stereocenters. The van der Waals surface area contributed by atoms with Gasteiger partial charge in [-0.25, -0.2) is 0 Å². The number of hydrogen-bond donors (Lipinski definition) is 2. The standard InChI is InChI=1S/C17H22N2O2S.ClH/c1-4-18-12(2)11-19-17(20)16-14(21-3)10-15(22-16)13-8-6-5-7-9-13;/h5-10,12,18H,4,11H2,1-3H3,(H,19,20);1H/t12-;/m1./s1. The van der Waals surface area contributed by atoms with Crippen molar-refractivity contribution in [2.24, 2.45) is 0 Å². The Labute approximate surface area is 147 Å². The molecular weight excluding hydrogens is 332 g/mol. The number of carbonyl (C=O) groups excluding carboxylic acids is 1. The maximum absolute atomic E-state index is 12.4. The average molecular weight is 355 g/mol. The van der Waals surface area contributed by atoms with Gasteiger partial charge in [0.1, 0.15) is 10.6 Å². The highest BCUT2D eigenvalue weighted by molar-refractivity contribution is 7.17. The number of ether oxygens (including phenoxy) is 1. The third-order valence-corrected chi connectivity index (χ3v) is 4.47. The highest BCUT2D eigenvalue weighted by atomic mass is 35.5. The second-order valence-corrected chi connectivity index (χ2v) is 6.10. The van der Waals surface area contributed by atoms with Crippen LogP contribution < -0.4 is 15.4 Å². The Kier molecular flexibility index (Phi) is 8.09. The third kappa shape index (κ3) is 5.23. The minimum absolute atomic E-state index is 0. The van der Waals surface area contributed by atoms with E-state index in [1.807, 2.05) is 50.2 Å². The zero-order valence-corrected chi connectivity index (χ0v) is 15.2. The molecule has 0 aliphatic heterocycles. The van der Waals surface area contributed by atoms with E-state index < -0.39 is 0 Å². The minimum atomic E-state index is -0.0891. The van der Waals surface area contributed by atoms with Crippen LogP contribution in [0.4, 0.5) is 0 Å². The van der Waals surface area contributed by atoms with Gasteiger partial charge >= 0.3 is 0 Å². The van der Waals surface area contributed by atoms with Gasteiger partial charge in [-0.3, -0.25) is 4.79 Å². The fourth-order valence-electron chi connectivity index (χ4n) is 2.18. The van der Waals surface area contributed by atoms with E-state index in [-0.39, 0.29) is 24.4 Å². The predicted molar refractivity (Wildman–Crippen MR) is 99.0 cm³/mol. The lowest BCUT2D eigenvalue weighted by Gasteiger charge is -2.13. The molecular formula is C17H23ClN2O2S. The molecule has 1 heterocycles. The average Bonchev–Trinajstić information content (AvgIpc) is 2.98. The number of amides is 1. The summed E-state index contributed by atoms with van der Waals surface area (Å²) >= 11 is 1.45. The highest BCUT2D eigenvalue weighted by Gasteiger charge is 2.18. The van der Waals surface area contributed by atoms with Crippen molar-refractivity contribution in [1.29, 1.82) is 0 Å². The molecule has 2 N–H and O–H groups in total. The van der Waals surface area contributed by atoms with Crippen LogP contribution in [-0.2, 0) is 0 Å². The summed E-state index contributed by atoms with van der Waals surface area (Å²) in [7, 11) is 1.59.